The van der Waals surface area contributed by atoms with Gasteiger partial charge in [0.05, 0.1) is 0 Å². The minimum absolute atomic E-state index is 0.0718. The number of benzene rings is 4. The number of fused-ring (bicyclic) bond motifs is 2. The van der Waals surface area contributed by atoms with E-state index >= 15 is 0 Å². The molecule has 4 heteroatoms. The molecule has 2 aliphatic rings. The van der Waals surface area contributed by atoms with Crippen LogP contribution in [-0.4, -0.2) is 5.43 Å². The molecule has 0 fully saturated rings. The van der Waals surface area contributed by atoms with E-state index in [-0.39, 0.29) is 16.9 Å². The Balaban J connectivity index is 0.000000177. The second-order valence-corrected chi connectivity index (χ2v) is 27.1. The maximum atomic E-state index is 10.3. The predicted octanol–water partition coefficient (Wildman–Crippen LogP) is 6.91. The summed E-state index contributed by atoms with van der Waals surface area (Å²) < 4.78 is 1.53. The predicted molar refractivity (Wildman–Crippen MR) is 146 cm³/mol. The smallest absolute Gasteiger partial charge is 0.0623 e. The second-order valence-electron chi connectivity index (χ2n) is 9.01. The van der Waals surface area contributed by atoms with E-state index in [1.54, 1.807) is 35.4 Å². The molecule has 2 unspecified atom stereocenters. The van der Waals surface area contributed by atoms with Gasteiger partial charge in [0, 0.05) is 0 Å². The molecule has 0 heterocycles. The third kappa shape index (κ3) is 6.63. The molecule has 36 heavy (non-hydrogen) atoms. The van der Waals surface area contributed by atoms with Crippen molar-refractivity contribution in [1.29, 1.82) is 0 Å². The molecule has 0 saturated carbocycles. The van der Waals surface area contributed by atoms with E-state index in [0.717, 1.165) is 7.25 Å². The molecular weight excluding hydrogens is 536 g/mol. The number of hydrogen-bond donors (Lipinski definition) is 0. The standard InChI is InChI=1S/2C9H7.2C6H6O.C2H6Si.Zr/c2*1-2-5-9-7-3-6-8(9)4-1;2*7-6-4-2-1-3-5-6;1-3-2;/h2*1-7H;2*1-5,7H;1-2H3;/q;;;;;+2/p-2. The van der Waals surface area contributed by atoms with Crippen LogP contribution >= 0.6 is 0 Å². The Morgan fingerprint density at radius 2 is 0.889 bits per heavy atom. The first-order chi connectivity index (χ1) is 17.5. The first-order valence-electron chi connectivity index (χ1n) is 12.2. The van der Waals surface area contributed by atoms with Gasteiger partial charge in [0.25, 0.3) is 0 Å². The SMILES string of the molecule is C[Si](C)=[Zr+2]([CH]1C=Cc2ccccc21)[CH]1C=Cc2ccccc21.[O-]c1ccccc1.[O-]c1ccccc1. The van der Waals surface area contributed by atoms with E-state index in [1.165, 1.54) is 35.4 Å². The van der Waals surface area contributed by atoms with Crippen LogP contribution in [0.2, 0.25) is 13.1 Å². The molecule has 178 valence electrons. The van der Waals surface area contributed by atoms with Gasteiger partial charge in [0.2, 0.25) is 0 Å². The van der Waals surface area contributed by atoms with Crippen molar-refractivity contribution in [2.45, 2.75) is 20.3 Å². The maximum Gasteiger partial charge on any atom is -0.0623 e. The summed E-state index contributed by atoms with van der Waals surface area (Å²) in [6.45, 7) is 5.12. The van der Waals surface area contributed by atoms with Gasteiger partial charge in [0.15, 0.2) is 0 Å². The van der Waals surface area contributed by atoms with Gasteiger partial charge in [-0.05, 0) is 0 Å². The Kier molecular flexibility index (Phi) is 9.33. The molecule has 0 N–H and O–H groups in total. The Morgan fingerprint density at radius 1 is 0.528 bits per heavy atom. The van der Waals surface area contributed by atoms with Crippen LogP contribution in [0.15, 0.2) is 121 Å². The fourth-order valence-electron chi connectivity index (χ4n) is 4.70. The molecule has 0 spiro atoms. The van der Waals surface area contributed by atoms with Crippen LogP contribution in [-0.2, 0) is 20.4 Å². The zero-order valence-electron chi connectivity index (χ0n) is 20.7. The molecule has 0 saturated heterocycles. The van der Waals surface area contributed by atoms with Crippen LogP contribution in [0.3, 0.4) is 0 Å². The summed E-state index contributed by atoms with van der Waals surface area (Å²) in [6, 6.07) is 34.7. The normalized spacial score (nSPS) is 15.8. The molecule has 0 aromatic heterocycles. The summed E-state index contributed by atoms with van der Waals surface area (Å²) in [5.41, 5.74) is 5.92. The molecule has 4 aromatic rings. The van der Waals surface area contributed by atoms with Crippen LogP contribution in [0.4, 0.5) is 0 Å². The van der Waals surface area contributed by atoms with Crippen molar-refractivity contribution in [3.05, 3.63) is 144 Å². The van der Waals surface area contributed by atoms with Crippen LogP contribution < -0.4 is 10.2 Å². The van der Waals surface area contributed by atoms with Gasteiger partial charge >= 0.3 is 141 Å². The zero-order chi connectivity index (χ0) is 25.3. The van der Waals surface area contributed by atoms with Gasteiger partial charge in [-0.2, -0.15) is 0 Å². The Bertz CT molecular complexity index is 1270. The van der Waals surface area contributed by atoms with Crippen molar-refractivity contribution < 1.29 is 30.6 Å². The van der Waals surface area contributed by atoms with E-state index < -0.39 is 20.4 Å². The number of hydrogen-bond acceptors (Lipinski definition) is 2. The van der Waals surface area contributed by atoms with Crippen LogP contribution in [0.1, 0.15) is 29.5 Å². The Hall–Kier alpha value is -2.94. The van der Waals surface area contributed by atoms with Crippen LogP contribution in [0.25, 0.3) is 12.2 Å². The summed E-state index contributed by atoms with van der Waals surface area (Å²) in [4.78, 5) is 0. The summed E-state index contributed by atoms with van der Waals surface area (Å²) in [6.07, 6.45) is 9.81. The van der Waals surface area contributed by atoms with Gasteiger partial charge in [-0.15, -0.1) is 11.5 Å². The summed E-state index contributed by atoms with van der Waals surface area (Å²) in [5.74, 6) is 0.144. The summed E-state index contributed by atoms with van der Waals surface area (Å²) in [7, 11) is 0. The number of allylic oxidation sites excluding steroid dienone is 2. The fraction of sp³-hybridized carbons (Fsp3) is 0.125. The largest absolute Gasteiger partial charge is 0.872 e. The monoisotopic (exact) mass is 564 g/mol. The minimum Gasteiger partial charge on any atom is -0.872 e. The van der Waals surface area contributed by atoms with E-state index in [9.17, 15) is 10.2 Å². The summed E-state index contributed by atoms with van der Waals surface area (Å²) in [5, 5.41) is 20.5. The van der Waals surface area contributed by atoms with Gasteiger partial charge < -0.3 is 10.2 Å². The van der Waals surface area contributed by atoms with Gasteiger partial charge in [-0.1, -0.05) is 60.7 Å². The van der Waals surface area contributed by atoms with Crippen molar-refractivity contribution in [1.82, 2.24) is 0 Å². The van der Waals surface area contributed by atoms with E-state index in [1.807, 2.05) is 12.1 Å². The average molecular weight is 566 g/mol. The topological polar surface area (TPSA) is 46.1 Å². The van der Waals surface area contributed by atoms with E-state index in [4.69, 9.17) is 0 Å². The minimum atomic E-state index is -1.65. The van der Waals surface area contributed by atoms with Crippen LogP contribution in [0, 0.1) is 0 Å². The third-order valence-corrected chi connectivity index (χ3v) is 25.5. The van der Waals surface area contributed by atoms with Crippen LogP contribution in [0.5, 0.6) is 11.5 Å². The Morgan fingerprint density at radius 3 is 1.22 bits per heavy atom. The van der Waals surface area contributed by atoms with Gasteiger partial charge in [0.1, 0.15) is 0 Å². The first-order valence-corrected chi connectivity index (χ1v) is 21.2. The molecule has 0 amide bonds. The maximum absolute atomic E-state index is 10.3. The van der Waals surface area contributed by atoms with Gasteiger partial charge in [-0.25, -0.2) is 0 Å². The number of rotatable bonds is 2. The van der Waals surface area contributed by atoms with Crippen molar-refractivity contribution in [3.63, 3.8) is 0 Å². The third-order valence-electron chi connectivity index (χ3n) is 6.33. The first kappa shape index (κ1) is 26.1. The Labute approximate surface area is 222 Å². The molecule has 2 aliphatic carbocycles. The van der Waals surface area contributed by atoms with E-state index in [2.05, 4.69) is 85.9 Å². The van der Waals surface area contributed by atoms with Crippen molar-refractivity contribution >= 4 is 17.6 Å². The molecule has 0 aliphatic heterocycles. The zero-order valence-corrected chi connectivity index (χ0v) is 24.1. The van der Waals surface area contributed by atoms with Crippen molar-refractivity contribution in [2.75, 3.05) is 0 Å². The van der Waals surface area contributed by atoms with Gasteiger partial charge in [-0.3, -0.25) is 0 Å². The second kappa shape index (κ2) is 12.9. The molecule has 4 aromatic carbocycles. The van der Waals surface area contributed by atoms with Crippen molar-refractivity contribution in [2.24, 2.45) is 0 Å². The number of para-hydroxylation sites is 2. The summed E-state index contributed by atoms with van der Waals surface area (Å²) >= 11 is -1.65. The molecule has 0 radical (unpaired) electrons. The van der Waals surface area contributed by atoms with Crippen molar-refractivity contribution in [3.8, 4) is 11.5 Å². The quantitative estimate of drug-likeness (QED) is 0.248. The molecule has 2 atom stereocenters. The fourth-order valence-corrected chi connectivity index (χ4v) is 23.5. The molecule has 2 nitrogen and oxygen atoms in total. The van der Waals surface area contributed by atoms with E-state index in [0.29, 0.717) is 0 Å². The average Bonchev–Trinajstić information content (AvgIpc) is 3.51. The molecular formula is C32H30O2SiZr. The molecule has 0 bridgehead atoms. The molecule has 6 rings (SSSR count).